The molecule has 0 aliphatic heterocycles. The van der Waals surface area contributed by atoms with Crippen molar-refractivity contribution in [1.29, 1.82) is 0 Å². The third-order valence-electron chi connectivity index (χ3n) is 6.03. The number of hydrogen-bond acceptors (Lipinski definition) is 8. The van der Waals surface area contributed by atoms with Gasteiger partial charge in [0.1, 0.15) is 12.1 Å². The fourth-order valence-electron chi connectivity index (χ4n) is 4.10. The average Bonchev–Trinajstić information content (AvgIpc) is 3.48. The number of benzene rings is 2. The molecule has 0 spiro atoms. The molecule has 0 amide bonds. The number of ether oxygens (including phenoxy) is 2. The number of nitrogens with two attached hydrogens (primary N) is 2. The van der Waals surface area contributed by atoms with Crippen molar-refractivity contribution in [3.63, 3.8) is 0 Å². The molecule has 0 aliphatic rings. The number of carbonyl (C=O) groups excluding carboxylic acids is 4. The van der Waals surface area contributed by atoms with E-state index in [9.17, 15) is 19.2 Å². The topological polar surface area (TPSA) is 170 Å². The van der Waals surface area contributed by atoms with Crippen LogP contribution in [0.4, 0.5) is 0 Å². The van der Waals surface area contributed by atoms with Crippen molar-refractivity contribution in [1.82, 2.24) is 9.97 Å². The fourth-order valence-corrected chi connectivity index (χ4v) is 4.10. The monoisotopic (exact) mass is 504 g/mol. The maximum Gasteiger partial charge on any atom is 0.330 e. The molecule has 2 atom stereocenters. The predicted octanol–water partition coefficient (Wildman–Crippen LogP) is 2.40. The molecule has 0 saturated carbocycles. The summed E-state index contributed by atoms with van der Waals surface area (Å²) in [4.78, 5) is 54.7. The molecule has 4 rings (SSSR count). The molecular formula is C27H28N4O6. The molecule has 6 N–H and O–H groups in total. The van der Waals surface area contributed by atoms with Crippen LogP contribution < -0.4 is 11.5 Å². The number of H-pyrrole nitrogens is 2. The number of fused-ring (bicyclic) bond motifs is 2. The van der Waals surface area contributed by atoms with Crippen molar-refractivity contribution >= 4 is 45.7 Å². The number of para-hydroxylation sites is 2. The first-order chi connectivity index (χ1) is 17.8. The number of esters is 4. The number of hydrogen-bond donors (Lipinski definition) is 4. The van der Waals surface area contributed by atoms with E-state index in [1.165, 1.54) is 0 Å². The molecule has 0 bridgehead atoms. The summed E-state index contributed by atoms with van der Waals surface area (Å²) in [6, 6.07) is 13.1. The van der Waals surface area contributed by atoms with Crippen LogP contribution in [0.2, 0.25) is 0 Å². The van der Waals surface area contributed by atoms with E-state index in [2.05, 4.69) is 9.97 Å². The summed E-state index contributed by atoms with van der Waals surface area (Å²) < 4.78 is 9.63. The van der Waals surface area contributed by atoms with Crippen LogP contribution in [0.25, 0.3) is 21.8 Å². The van der Waals surface area contributed by atoms with Crippen LogP contribution in [-0.4, -0.2) is 45.9 Å². The molecule has 0 saturated heterocycles. The highest BCUT2D eigenvalue weighted by Crippen LogP contribution is 2.20. The Labute approximate surface area is 212 Å². The first-order valence-corrected chi connectivity index (χ1v) is 11.9. The molecule has 37 heavy (non-hydrogen) atoms. The normalized spacial score (nSPS) is 12.8. The molecule has 0 unspecified atom stereocenters. The van der Waals surface area contributed by atoms with Crippen LogP contribution in [0, 0.1) is 0 Å². The molecule has 2 aromatic heterocycles. The summed E-state index contributed by atoms with van der Waals surface area (Å²) in [5, 5.41) is 1.87. The maximum absolute atomic E-state index is 12.2. The van der Waals surface area contributed by atoms with Gasteiger partial charge in [-0.25, -0.2) is 9.59 Å². The van der Waals surface area contributed by atoms with Crippen molar-refractivity contribution in [3.8, 4) is 0 Å². The van der Waals surface area contributed by atoms with Gasteiger partial charge in [-0.3, -0.25) is 9.59 Å². The molecule has 0 radical (unpaired) electrons. The highest BCUT2D eigenvalue weighted by atomic mass is 16.6. The Kier molecular flexibility index (Phi) is 8.11. The Hall–Kier alpha value is -4.28. The zero-order valence-corrected chi connectivity index (χ0v) is 20.1. The third-order valence-corrected chi connectivity index (χ3v) is 6.03. The maximum atomic E-state index is 12.2. The number of rotatable bonds is 10. The van der Waals surface area contributed by atoms with Gasteiger partial charge in [0.25, 0.3) is 0 Å². The summed E-state index contributed by atoms with van der Waals surface area (Å²) in [6.45, 7) is 0. The highest BCUT2D eigenvalue weighted by Gasteiger charge is 2.23. The Bertz CT molecular complexity index is 1330. The summed E-state index contributed by atoms with van der Waals surface area (Å²) in [6.07, 6.45) is 3.53. The van der Waals surface area contributed by atoms with E-state index >= 15 is 0 Å². The minimum atomic E-state index is -1.02. The Morgan fingerprint density at radius 1 is 0.676 bits per heavy atom. The standard InChI is InChI=1S/C27H28N4O6/c28-20(12-16-14-30-22-8-3-1-6-18(16)22)26(34)36-24(32)10-5-11-25(33)37-27(35)21(29)13-17-15-31-23-9-4-2-7-19(17)23/h1-4,6-9,14-15,20-21,30-31H,5,10-13,28-29H2/t20-,21-/m0/s1. The quantitative estimate of drug-likeness (QED) is 0.188. The van der Waals surface area contributed by atoms with Gasteiger partial charge in [0, 0.05) is 59.9 Å². The highest BCUT2D eigenvalue weighted by molar-refractivity contribution is 5.91. The van der Waals surface area contributed by atoms with E-state index in [1.54, 1.807) is 12.4 Å². The van der Waals surface area contributed by atoms with Crippen molar-refractivity contribution in [2.24, 2.45) is 11.5 Å². The predicted molar refractivity (Wildman–Crippen MR) is 136 cm³/mol. The molecule has 192 valence electrons. The first kappa shape index (κ1) is 25.8. The van der Waals surface area contributed by atoms with E-state index < -0.39 is 36.0 Å². The smallest absolute Gasteiger partial charge is 0.330 e. The van der Waals surface area contributed by atoms with Crippen LogP contribution in [0.3, 0.4) is 0 Å². The Morgan fingerprint density at radius 3 is 1.51 bits per heavy atom. The summed E-state index contributed by atoms with van der Waals surface area (Å²) in [5.41, 5.74) is 15.3. The average molecular weight is 505 g/mol. The second-order valence-electron chi connectivity index (χ2n) is 8.78. The van der Waals surface area contributed by atoms with Crippen LogP contribution in [-0.2, 0) is 41.5 Å². The van der Waals surface area contributed by atoms with Crippen LogP contribution in [0.5, 0.6) is 0 Å². The second-order valence-corrected chi connectivity index (χ2v) is 8.78. The van der Waals surface area contributed by atoms with Gasteiger partial charge in [0.05, 0.1) is 0 Å². The van der Waals surface area contributed by atoms with Crippen molar-refractivity contribution in [3.05, 3.63) is 72.1 Å². The molecular weight excluding hydrogens is 476 g/mol. The minimum Gasteiger partial charge on any atom is -0.392 e. The van der Waals surface area contributed by atoms with E-state index in [0.717, 1.165) is 32.9 Å². The third kappa shape index (κ3) is 6.49. The van der Waals surface area contributed by atoms with E-state index in [4.69, 9.17) is 20.9 Å². The Balaban J connectivity index is 1.16. The van der Waals surface area contributed by atoms with Gasteiger partial charge in [-0.15, -0.1) is 0 Å². The minimum absolute atomic E-state index is 0.0353. The molecule has 2 heterocycles. The lowest BCUT2D eigenvalue weighted by molar-refractivity contribution is -0.160. The zero-order valence-electron chi connectivity index (χ0n) is 20.1. The van der Waals surface area contributed by atoms with Gasteiger partial charge in [0.2, 0.25) is 0 Å². The van der Waals surface area contributed by atoms with Gasteiger partial charge in [-0.1, -0.05) is 36.4 Å². The number of carbonyl (C=O) groups is 4. The second kappa shape index (κ2) is 11.6. The lowest BCUT2D eigenvalue weighted by atomic mass is 10.1. The van der Waals surface area contributed by atoms with E-state index in [0.29, 0.717) is 0 Å². The van der Waals surface area contributed by atoms with Gasteiger partial charge >= 0.3 is 23.9 Å². The molecule has 4 aromatic rings. The molecule has 2 aromatic carbocycles. The van der Waals surface area contributed by atoms with Crippen molar-refractivity contribution < 1.29 is 28.7 Å². The molecule has 0 aliphatic carbocycles. The molecule has 10 heteroatoms. The number of aromatic nitrogens is 2. The lowest BCUT2D eigenvalue weighted by Crippen LogP contribution is -2.36. The van der Waals surface area contributed by atoms with Gasteiger partial charge < -0.3 is 30.9 Å². The van der Waals surface area contributed by atoms with Crippen molar-refractivity contribution in [2.45, 2.75) is 44.2 Å². The van der Waals surface area contributed by atoms with Gasteiger partial charge in [-0.2, -0.15) is 0 Å². The Morgan fingerprint density at radius 2 is 1.08 bits per heavy atom. The number of nitrogens with one attached hydrogen (secondary N) is 2. The van der Waals surface area contributed by atoms with Crippen molar-refractivity contribution in [2.75, 3.05) is 0 Å². The van der Waals surface area contributed by atoms with Crippen LogP contribution in [0.1, 0.15) is 30.4 Å². The van der Waals surface area contributed by atoms with E-state index in [1.807, 2.05) is 48.5 Å². The van der Waals surface area contributed by atoms with E-state index in [-0.39, 0.29) is 32.1 Å². The van der Waals surface area contributed by atoms with Crippen LogP contribution in [0.15, 0.2) is 60.9 Å². The molecule has 10 nitrogen and oxygen atoms in total. The number of aromatic amines is 2. The zero-order chi connectivity index (χ0) is 26.4. The lowest BCUT2D eigenvalue weighted by Gasteiger charge is -2.11. The van der Waals surface area contributed by atoms with Gasteiger partial charge in [-0.05, 0) is 29.7 Å². The SMILES string of the molecule is N[C@@H](Cc1c[nH]c2ccccc12)C(=O)OC(=O)CCCC(=O)OC(=O)[C@@H](N)Cc1c[nH]c2ccccc12. The summed E-state index contributed by atoms with van der Waals surface area (Å²) >= 11 is 0. The molecule has 0 fully saturated rings. The fraction of sp³-hybridized carbons (Fsp3) is 0.259. The summed E-state index contributed by atoms with van der Waals surface area (Å²) in [5.74, 6) is -3.32. The van der Waals surface area contributed by atoms with Crippen LogP contribution >= 0.6 is 0 Å². The van der Waals surface area contributed by atoms with Gasteiger partial charge in [0.15, 0.2) is 0 Å². The largest absolute Gasteiger partial charge is 0.392 e. The first-order valence-electron chi connectivity index (χ1n) is 11.9. The summed E-state index contributed by atoms with van der Waals surface area (Å²) in [7, 11) is 0.